The first-order chi connectivity index (χ1) is 8.24. The Morgan fingerprint density at radius 2 is 2.18 bits per heavy atom. The van der Waals surface area contributed by atoms with Crippen LogP contribution in [0.25, 0.3) is 0 Å². The van der Waals surface area contributed by atoms with Crippen LogP contribution in [0.4, 0.5) is 0 Å². The Morgan fingerprint density at radius 3 is 2.82 bits per heavy atom. The third-order valence-corrected chi connectivity index (χ3v) is 3.53. The lowest BCUT2D eigenvalue weighted by molar-refractivity contribution is -0.121. The van der Waals surface area contributed by atoms with Crippen molar-refractivity contribution in [2.75, 3.05) is 6.54 Å². The van der Waals surface area contributed by atoms with E-state index in [-0.39, 0.29) is 5.91 Å². The van der Waals surface area contributed by atoms with E-state index in [0.29, 0.717) is 19.0 Å². The predicted octanol–water partition coefficient (Wildman–Crippen LogP) is 2.21. The summed E-state index contributed by atoms with van der Waals surface area (Å²) in [7, 11) is 0. The molecular weight excluding hydrogens is 280 g/mol. The number of nitrogens with one attached hydrogen (secondary N) is 2. The molecule has 0 aromatic heterocycles. The van der Waals surface area contributed by atoms with E-state index in [2.05, 4.69) is 26.6 Å². The lowest BCUT2D eigenvalue weighted by Crippen LogP contribution is -2.31. The van der Waals surface area contributed by atoms with Crippen LogP contribution in [0.2, 0.25) is 0 Å². The number of rotatable bonds is 4. The van der Waals surface area contributed by atoms with Crippen molar-refractivity contribution in [1.82, 2.24) is 10.6 Å². The summed E-state index contributed by atoms with van der Waals surface area (Å²) in [6, 6.07) is 8.37. The fourth-order valence-electron chi connectivity index (χ4n) is 2.03. The van der Waals surface area contributed by atoms with Gasteiger partial charge in [-0.05, 0) is 37.1 Å². The molecule has 1 saturated heterocycles. The molecule has 1 aliphatic rings. The van der Waals surface area contributed by atoms with Gasteiger partial charge in [0.05, 0.1) is 0 Å². The number of carbonyl (C=O) groups excluding carboxylic acids is 1. The predicted molar refractivity (Wildman–Crippen MR) is 71.6 cm³/mol. The Bertz CT molecular complexity index is 372. The van der Waals surface area contributed by atoms with Crippen LogP contribution in [0, 0.1) is 0 Å². The van der Waals surface area contributed by atoms with Gasteiger partial charge in [0.25, 0.3) is 0 Å². The average molecular weight is 297 g/mol. The fourth-order valence-corrected chi connectivity index (χ4v) is 2.29. The van der Waals surface area contributed by atoms with Gasteiger partial charge in [-0.25, -0.2) is 0 Å². The van der Waals surface area contributed by atoms with Crippen LogP contribution < -0.4 is 10.6 Å². The molecule has 0 bridgehead atoms. The van der Waals surface area contributed by atoms with E-state index >= 15 is 0 Å². The van der Waals surface area contributed by atoms with Gasteiger partial charge in [0.2, 0.25) is 5.91 Å². The van der Waals surface area contributed by atoms with E-state index in [9.17, 15) is 4.79 Å². The van der Waals surface area contributed by atoms with Crippen LogP contribution >= 0.6 is 15.9 Å². The Hall–Kier alpha value is -0.870. The van der Waals surface area contributed by atoms with Crippen molar-refractivity contribution in [3.63, 3.8) is 0 Å². The summed E-state index contributed by atoms with van der Waals surface area (Å²) in [5.41, 5.74) is 1.13. The molecule has 1 fully saturated rings. The van der Waals surface area contributed by atoms with Gasteiger partial charge < -0.3 is 10.6 Å². The standard InChI is InChI=1S/C13H17BrN2O/c14-11-5-3-10(4-6-11)9-16-13(17)8-12-2-1-7-15-12/h3-6,12,15H,1-2,7-9H2,(H,16,17). The maximum atomic E-state index is 11.7. The molecule has 1 aliphatic heterocycles. The molecule has 2 N–H and O–H groups in total. The normalized spacial score (nSPS) is 19.2. The van der Waals surface area contributed by atoms with Gasteiger partial charge in [-0.3, -0.25) is 4.79 Å². The number of benzene rings is 1. The van der Waals surface area contributed by atoms with E-state index in [1.165, 1.54) is 6.42 Å². The van der Waals surface area contributed by atoms with Crippen molar-refractivity contribution in [2.24, 2.45) is 0 Å². The summed E-state index contributed by atoms with van der Waals surface area (Å²) in [4.78, 5) is 11.7. The van der Waals surface area contributed by atoms with Crippen LogP contribution in [0.5, 0.6) is 0 Å². The third-order valence-electron chi connectivity index (χ3n) is 3.00. The molecular formula is C13H17BrN2O. The summed E-state index contributed by atoms with van der Waals surface area (Å²) in [5, 5.41) is 6.28. The SMILES string of the molecule is O=C(CC1CCCN1)NCc1ccc(Br)cc1. The van der Waals surface area contributed by atoms with Gasteiger partial charge in [0.15, 0.2) is 0 Å². The lowest BCUT2D eigenvalue weighted by atomic mass is 10.1. The molecule has 1 aromatic rings. The second kappa shape index (κ2) is 6.17. The Kier molecular flexibility index (Phi) is 4.57. The number of hydrogen-bond acceptors (Lipinski definition) is 2. The summed E-state index contributed by atoms with van der Waals surface area (Å²) >= 11 is 3.39. The first kappa shape index (κ1) is 12.6. The maximum Gasteiger partial charge on any atom is 0.221 e. The highest BCUT2D eigenvalue weighted by molar-refractivity contribution is 9.10. The van der Waals surface area contributed by atoms with Crippen molar-refractivity contribution in [1.29, 1.82) is 0 Å². The third kappa shape index (κ3) is 4.13. The van der Waals surface area contributed by atoms with Crippen LogP contribution in [-0.2, 0) is 11.3 Å². The van der Waals surface area contributed by atoms with Crippen molar-refractivity contribution in [3.05, 3.63) is 34.3 Å². The molecule has 17 heavy (non-hydrogen) atoms. The van der Waals surface area contributed by atoms with Gasteiger partial charge >= 0.3 is 0 Å². The Labute approximate surface area is 110 Å². The van der Waals surface area contributed by atoms with Gasteiger partial charge in [0.1, 0.15) is 0 Å². The molecule has 0 aliphatic carbocycles. The summed E-state index contributed by atoms with van der Waals surface area (Å²) in [6.45, 7) is 1.66. The minimum Gasteiger partial charge on any atom is -0.352 e. The number of hydrogen-bond donors (Lipinski definition) is 2. The van der Waals surface area contributed by atoms with Gasteiger partial charge in [-0.2, -0.15) is 0 Å². The summed E-state index contributed by atoms with van der Waals surface area (Å²) < 4.78 is 1.06. The van der Waals surface area contributed by atoms with Gasteiger partial charge in [-0.15, -0.1) is 0 Å². The molecule has 0 spiro atoms. The summed E-state index contributed by atoms with van der Waals surface area (Å²) in [5.74, 6) is 0.132. The Balaban J connectivity index is 1.73. The zero-order valence-corrected chi connectivity index (χ0v) is 11.3. The largest absolute Gasteiger partial charge is 0.352 e. The monoisotopic (exact) mass is 296 g/mol. The molecule has 1 amide bonds. The zero-order valence-electron chi connectivity index (χ0n) is 9.71. The zero-order chi connectivity index (χ0) is 12.1. The molecule has 0 saturated carbocycles. The molecule has 1 unspecified atom stereocenters. The van der Waals surface area contributed by atoms with Crippen molar-refractivity contribution in [2.45, 2.75) is 31.8 Å². The molecule has 1 aromatic carbocycles. The van der Waals surface area contributed by atoms with E-state index in [0.717, 1.165) is 23.0 Å². The van der Waals surface area contributed by atoms with Crippen LogP contribution in [0.1, 0.15) is 24.8 Å². The second-order valence-electron chi connectivity index (χ2n) is 4.40. The highest BCUT2D eigenvalue weighted by atomic mass is 79.9. The minimum atomic E-state index is 0.132. The van der Waals surface area contributed by atoms with E-state index < -0.39 is 0 Å². The van der Waals surface area contributed by atoms with Crippen LogP contribution in [0.15, 0.2) is 28.7 Å². The highest BCUT2D eigenvalue weighted by Crippen LogP contribution is 2.11. The van der Waals surface area contributed by atoms with Crippen molar-refractivity contribution >= 4 is 21.8 Å². The fraction of sp³-hybridized carbons (Fsp3) is 0.462. The number of halogens is 1. The first-order valence-electron chi connectivity index (χ1n) is 5.98. The molecule has 4 heteroatoms. The van der Waals surface area contributed by atoms with Crippen molar-refractivity contribution in [3.8, 4) is 0 Å². The van der Waals surface area contributed by atoms with E-state index in [4.69, 9.17) is 0 Å². The number of amides is 1. The van der Waals surface area contributed by atoms with Gasteiger partial charge in [-0.1, -0.05) is 28.1 Å². The minimum absolute atomic E-state index is 0.132. The summed E-state index contributed by atoms with van der Waals surface area (Å²) in [6.07, 6.45) is 2.90. The number of carbonyl (C=O) groups is 1. The lowest BCUT2D eigenvalue weighted by Gasteiger charge is -2.10. The Morgan fingerprint density at radius 1 is 1.41 bits per heavy atom. The molecule has 1 atom stereocenters. The second-order valence-corrected chi connectivity index (χ2v) is 5.32. The smallest absolute Gasteiger partial charge is 0.221 e. The van der Waals surface area contributed by atoms with Crippen LogP contribution in [0.3, 0.4) is 0 Å². The topological polar surface area (TPSA) is 41.1 Å². The quantitative estimate of drug-likeness (QED) is 0.894. The van der Waals surface area contributed by atoms with Crippen molar-refractivity contribution < 1.29 is 4.79 Å². The molecule has 92 valence electrons. The van der Waals surface area contributed by atoms with E-state index in [1.807, 2.05) is 24.3 Å². The molecule has 3 nitrogen and oxygen atoms in total. The average Bonchev–Trinajstić information content (AvgIpc) is 2.81. The van der Waals surface area contributed by atoms with Crippen LogP contribution in [-0.4, -0.2) is 18.5 Å². The molecule has 0 radical (unpaired) electrons. The van der Waals surface area contributed by atoms with E-state index in [1.54, 1.807) is 0 Å². The molecule has 2 rings (SSSR count). The highest BCUT2D eigenvalue weighted by Gasteiger charge is 2.17. The first-order valence-corrected chi connectivity index (χ1v) is 6.78. The molecule has 1 heterocycles. The van der Waals surface area contributed by atoms with Gasteiger partial charge in [0, 0.05) is 23.5 Å². The maximum absolute atomic E-state index is 11.7.